The van der Waals surface area contributed by atoms with Crippen molar-refractivity contribution in [2.24, 2.45) is 10.7 Å². The summed E-state index contributed by atoms with van der Waals surface area (Å²) in [5, 5.41) is 9.48. The Hall–Kier alpha value is -2.92. The van der Waals surface area contributed by atoms with Gasteiger partial charge in [0.15, 0.2) is 10.9 Å². The van der Waals surface area contributed by atoms with Gasteiger partial charge in [-0.2, -0.15) is 10.3 Å². The zero-order chi connectivity index (χ0) is 17.3. The van der Waals surface area contributed by atoms with E-state index in [9.17, 15) is 10.1 Å². The van der Waals surface area contributed by atoms with E-state index in [2.05, 4.69) is 21.0 Å². The number of carbonyl (C=O) groups is 1. The van der Waals surface area contributed by atoms with Crippen LogP contribution in [-0.2, 0) is 4.79 Å². The second kappa shape index (κ2) is 6.29. The van der Waals surface area contributed by atoms with Crippen molar-refractivity contribution in [1.82, 2.24) is 9.97 Å². The molecule has 3 rings (SSSR count). The maximum Gasteiger partial charge on any atom is 0.286 e. The van der Waals surface area contributed by atoms with E-state index in [-0.39, 0.29) is 17.2 Å². The molecule has 8 heteroatoms. The average Bonchev–Trinajstić information content (AvgIpc) is 2.85. The van der Waals surface area contributed by atoms with Gasteiger partial charge >= 0.3 is 0 Å². The van der Waals surface area contributed by atoms with Gasteiger partial charge in [0.05, 0.1) is 22.2 Å². The molecule has 0 aromatic carbocycles. The van der Waals surface area contributed by atoms with E-state index in [1.54, 1.807) is 18.2 Å². The molecule has 0 saturated heterocycles. The number of carbonyl (C=O) groups excluding carboxylic acids is 1. The molecule has 0 radical (unpaired) electrons. The van der Waals surface area contributed by atoms with Crippen LogP contribution in [0, 0.1) is 11.3 Å². The predicted octanol–water partition coefficient (Wildman–Crippen LogP) is 2.22. The second-order valence-electron chi connectivity index (χ2n) is 5.25. The van der Waals surface area contributed by atoms with Gasteiger partial charge in [0, 0.05) is 6.20 Å². The number of hydrogen-bond donors (Lipinski definition) is 1. The molecule has 0 fully saturated rings. The molecular weight excluding hydrogens is 326 g/mol. The summed E-state index contributed by atoms with van der Waals surface area (Å²) in [5.41, 5.74) is 7.47. The summed E-state index contributed by atoms with van der Waals surface area (Å²) < 4.78 is 5.75. The molecule has 1 aliphatic rings. The van der Waals surface area contributed by atoms with Gasteiger partial charge in [0.1, 0.15) is 17.1 Å². The fourth-order valence-electron chi connectivity index (χ4n) is 2.13. The smallest absolute Gasteiger partial charge is 0.286 e. The number of amides is 1. The van der Waals surface area contributed by atoms with E-state index in [1.807, 2.05) is 13.8 Å². The molecule has 2 N–H and O–H groups in total. The first kappa shape index (κ1) is 16.0. The zero-order valence-electron chi connectivity index (χ0n) is 13.0. The summed E-state index contributed by atoms with van der Waals surface area (Å²) in [7, 11) is 0. The summed E-state index contributed by atoms with van der Waals surface area (Å²) in [6, 6.07) is 5.56. The van der Waals surface area contributed by atoms with Gasteiger partial charge in [0.2, 0.25) is 0 Å². The highest BCUT2D eigenvalue weighted by Crippen LogP contribution is 2.30. The first-order valence-electron chi connectivity index (χ1n) is 7.12. The van der Waals surface area contributed by atoms with Gasteiger partial charge in [-0.05, 0) is 43.8 Å². The number of nitriles is 1. The van der Waals surface area contributed by atoms with Crippen molar-refractivity contribution in [3.63, 3.8) is 0 Å². The molecule has 0 saturated carbocycles. The molecular formula is C16H13N5O2S. The molecule has 0 unspecified atom stereocenters. The highest BCUT2D eigenvalue weighted by atomic mass is 32.2. The Kier molecular flexibility index (Phi) is 4.18. The monoisotopic (exact) mass is 339 g/mol. The van der Waals surface area contributed by atoms with E-state index in [4.69, 9.17) is 10.5 Å². The fourth-order valence-corrected chi connectivity index (χ4v) is 2.80. The fraction of sp³-hybridized carbons (Fsp3) is 0.188. The Balaban J connectivity index is 2.11. The molecule has 0 aliphatic carbocycles. The summed E-state index contributed by atoms with van der Waals surface area (Å²) in [6.07, 6.45) is 2.95. The molecule has 1 aliphatic heterocycles. The number of aliphatic imine (C=N–C) groups is 1. The third-order valence-corrected chi connectivity index (χ3v) is 3.89. The Morgan fingerprint density at radius 1 is 1.42 bits per heavy atom. The summed E-state index contributed by atoms with van der Waals surface area (Å²) in [5.74, 6) is 0.000803. The van der Waals surface area contributed by atoms with E-state index >= 15 is 0 Å². The van der Waals surface area contributed by atoms with Gasteiger partial charge in [-0.1, -0.05) is 0 Å². The minimum absolute atomic E-state index is 0.119. The number of rotatable bonds is 3. The molecule has 24 heavy (non-hydrogen) atoms. The van der Waals surface area contributed by atoms with Crippen molar-refractivity contribution < 1.29 is 9.53 Å². The Morgan fingerprint density at radius 2 is 2.21 bits per heavy atom. The maximum absolute atomic E-state index is 11.7. The number of ether oxygens (including phenoxy) is 1. The van der Waals surface area contributed by atoms with Gasteiger partial charge < -0.3 is 10.5 Å². The number of amidine groups is 1. The number of nitrogens with zero attached hydrogens (tertiary/aromatic N) is 4. The van der Waals surface area contributed by atoms with Crippen LogP contribution in [-0.4, -0.2) is 27.1 Å². The highest BCUT2D eigenvalue weighted by Gasteiger charge is 2.20. The van der Waals surface area contributed by atoms with Crippen LogP contribution in [0.25, 0.3) is 17.1 Å². The number of fused-ring (bicyclic) bond motifs is 1. The predicted molar refractivity (Wildman–Crippen MR) is 92.2 cm³/mol. The normalized spacial score (nSPS) is 15.8. The van der Waals surface area contributed by atoms with Crippen molar-refractivity contribution in [2.75, 3.05) is 0 Å². The van der Waals surface area contributed by atoms with E-state index in [1.165, 1.54) is 6.20 Å². The first-order valence-corrected chi connectivity index (χ1v) is 7.94. The Morgan fingerprint density at radius 3 is 2.83 bits per heavy atom. The van der Waals surface area contributed by atoms with Crippen LogP contribution in [0.2, 0.25) is 0 Å². The lowest BCUT2D eigenvalue weighted by Crippen LogP contribution is -2.08. The molecule has 0 bridgehead atoms. The minimum atomic E-state index is -0.387. The lowest BCUT2D eigenvalue weighted by molar-refractivity contribution is -0.113. The minimum Gasteiger partial charge on any atom is -0.487 e. The number of aromatic nitrogens is 2. The third kappa shape index (κ3) is 3.07. The average molecular weight is 339 g/mol. The molecule has 1 amide bonds. The van der Waals surface area contributed by atoms with Crippen LogP contribution in [0.4, 0.5) is 0 Å². The molecule has 2 aromatic heterocycles. The molecule has 2 aromatic rings. The van der Waals surface area contributed by atoms with Crippen molar-refractivity contribution in [1.29, 1.82) is 5.26 Å². The highest BCUT2D eigenvalue weighted by molar-refractivity contribution is 8.18. The number of thioether (sulfide) groups is 1. The lowest BCUT2D eigenvalue weighted by Gasteiger charge is -2.13. The van der Waals surface area contributed by atoms with Crippen LogP contribution < -0.4 is 10.5 Å². The summed E-state index contributed by atoms with van der Waals surface area (Å²) >= 11 is 1.10. The van der Waals surface area contributed by atoms with Crippen LogP contribution in [0.3, 0.4) is 0 Å². The molecule has 0 spiro atoms. The van der Waals surface area contributed by atoms with Gasteiger partial charge in [-0.15, -0.1) is 0 Å². The standard InChI is InChI=1S/C16H13N5O2S/c1-8(2)23-14-9(6-17)7-19-11-4-3-10(20-13(11)14)5-12-15(22)21-16(18)24-12/h3-5,7-8H,1-2H3,(H2,18,21,22)/b12-5-. The van der Waals surface area contributed by atoms with E-state index in [0.717, 1.165) is 11.8 Å². The number of hydrogen-bond acceptors (Lipinski definition) is 7. The maximum atomic E-state index is 11.7. The molecule has 3 heterocycles. The molecule has 0 atom stereocenters. The van der Waals surface area contributed by atoms with E-state index < -0.39 is 0 Å². The number of nitrogens with two attached hydrogens (primary N) is 1. The third-order valence-electron chi connectivity index (χ3n) is 3.08. The Bertz CT molecular complexity index is 943. The van der Waals surface area contributed by atoms with Crippen LogP contribution in [0.1, 0.15) is 25.1 Å². The van der Waals surface area contributed by atoms with Crippen LogP contribution in [0.15, 0.2) is 28.2 Å². The van der Waals surface area contributed by atoms with E-state index in [0.29, 0.717) is 32.9 Å². The van der Waals surface area contributed by atoms with Gasteiger partial charge in [-0.25, -0.2) is 4.98 Å². The van der Waals surface area contributed by atoms with Crippen LogP contribution >= 0.6 is 11.8 Å². The van der Waals surface area contributed by atoms with Crippen molar-refractivity contribution in [3.8, 4) is 11.8 Å². The van der Waals surface area contributed by atoms with Crippen molar-refractivity contribution >= 4 is 39.9 Å². The lowest BCUT2D eigenvalue weighted by atomic mass is 10.2. The van der Waals surface area contributed by atoms with Crippen LogP contribution in [0.5, 0.6) is 5.75 Å². The van der Waals surface area contributed by atoms with Gasteiger partial charge in [-0.3, -0.25) is 9.78 Å². The SMILES string of the molecule is CC(C)Oc1c(C#N)cnc2ccc(/C=C3\SC(N)=NC3=O)nc12. The number of pyridine rings is 2. The second-order valence-corrected chi connectivity index (χ2v) is 6.31. The summed E-state index contributed by atoms with van der Waals surface area (Å²) in [4.78, 5) is 24.5. The quantitative estimate of drug-likeness (QED) is 0.853. The van der Waals surface area contributed by atoms with Crippen molar-refractivity contribution in [3.05, 3.63) is 34.5 Å². The zero-order valence-corrected chi connectivity index (χ0v) is 13.8. The molecule has 120 valence electrons. The largest absolute Gasteiger partial charge is 0.487 e. The van der Waals surface area contributed by atoms with Crippen molar-refractivity contribution in [2.45, 2.75) is 20.0 Å². The summed E-state index contributed by atoms with van der Waals surface area (Å²) in [6.45, 7) is 3.74. The Labute approximate surface area is 142 Å². The molecule has 7 nitrogen and oxygen atoms in total. The first-order chi connectivity index (χ1) is 11.5. The topological polar surface area (TPSA) is 114 Å². The van der Waals surface area contributed by atoms with Gasteiger partial charge in [0.25, 0.3) is 5.91 Å².